The molecule has 2 bridgehead atoms. The van der Waals surface area contributed by atoms with Gasteiger partial charge in [0, 0.05) is 28.7 Å². The molecule has 0 saturated carbocycles. The smallest absolute Gasteiger partial charge is 0.338 e. The Labute approximate surface area is 193 Å². The number of aromatic nitrogens is 1. The normalized spacial score (nSPS) is 25.6. The zero-order valence-corrected chi connectivity index (χ0v) is 18.8. The highest BCUT2D eigenvalue weighted by molar-refractivity contribution is 6.30. The molecule has 3 aliphatic rings. The number of phenols is 1. The molecule has 3 aliphatic heterocycles. The van der Waals surface area contributed by atoms with Gasteiger partial charge in [0.05, 0.1) is 17.1 Å². The fraction of sp³-hybridized carbons (Fsp3) is 0.385. The number of aromatic hydroxyl groups is 1. The van der Waals surface area contributed by atoms with Crippen molar-refractivity contribution in [2.24, 2.45) is 11.8 Å². The molecule has 0 amide bonds. The fourth-order valence-electron chi connectivity index (χ4n) is 5.48. The Kier molecular flexibility index (Phi) is 5.78. The highest BCUT2D eigenvalue weighted by atomic mass is 35.5. The molecule has 32 heavy (non-hydrogen) atoms. The van der Waals surface area contributed by atoms with E-state index in [0.29, 0.717) is 22.4 Å². The predicted molar refractivity (Wildman–Crippen MR) is 125 cm³/mol. The quantitative estimate of drug-likeness (QED) is 0.511. The molecule has 5 atom stereocenters. The van der Waals surface area contributed by atoms with Crippen molar-refractivity contribution in [1.29, 1.82) is 0 Å². The standard InChI is InChI=1S/C26H27ClN2O3/c1-2-16-15-29-12-10-18(16)13-24(29)25(32-26(31)17-3-5-19(27)6-4-17)21-9-11-28-23-8-7-20(30)14-22(21)23/h3-9,11,14,16,18,24-25,30H,2,10,12-13,15H2,1H3. The third-order valence-corrected chi connectivity index (χ3v) is 7.44. The monoisotopic (exact) mass is 450 g/mol. The number of hydrogen-bond donors (Lipinski definition) is 1. The number of nitrogens with zero attached hydrogens (tertiary/aromatic N) is 2. The maximum absolute atomic E-state index is 13.2. The van der Waals surface area contributed by atoms with Crippen LogP contribution in [-0.2, 0) is 4.74 Å². The molecule has 3 saturated heterocycles. The minimum atomic E-state index is -0.453. The summed E-state index contributed by atoms with van der Waals surface area (Å²) < 4.78 is 6.24. The first-order valence-corrected chi connectivity index (χ1v) is 11.7. The second kappa shape index (κ2) is 8.72. The topological polar surface area (TPSA) is 62.7 Å². The van der Waals surface area contributed by atoms with Gasteiger partial charge in [0.2, 0.25) is 0 Å². The van der Waals surface area contributed by atoms with Crippen LogP contribution in [0.15, 0.2) is 54.7 Å². The van der Waals surface area contributed by atoms with Gasteiger partial charge in [0.1, 0.15) is 11.9 Å². The average molecular weight is 451 g/mol. The summed E-state index contributed by atoms with van der Waals surface area (Å²) in [6.45, 7) is 4.32. The summed E-state index contributed by atoms with van der Waals surface area (Å²) >= 11 is 6.00. The molecular formula is C26H27ClN2O3. The van der Waals surface area contributed by atoms with Crippen molar-refractivity contribution in [2.75, 3.05) is 13.1 Å². The Bertz CT molecular complexity index is 1130. The van der Waals surface area contributed by atoms with Crippen LogP contribution in [0.3, 0.4) is 0 Å². The Morgan fingerprint density at radius 1 is 1.25 bits per heavy atom. The Balaban J connectivity index is 1.55. The van der Waals surface area contributed by atoms with Crippen LogP contribution < -0.4 is 0 Å². The number of halogens is 1. The molecule has 5 unspecified atom stereocenters. The zero-order valence-electron chi connectivity index (χ0n) is 18.1. The Morgan fingerprint density at radius 3 is 2.78 bits per heavy atom. The van der Waals surface area contributed by atoms with Crippen LogP contribution in [0, 0.1) is 11.8 Å². The lowest BCUT2D eigenvalue weighted by Gasteiger charge is -2.51. The first kappa shape index (κ1) is 21.2. The van der Waals surface area contributed by atoms with E-state index in [1.165, 1.54) is 12.8 Å². The molecule has 0 spiro atoms. The number of pyridine rings is 1. The van der Waals surface area contributed by atoms with E-state index < -0.39 is 6.10 Å². The van der Waals surface area contributed by atoms with Crippen LogP contribution in [0.1, 0.15) is 48.2 Å². The molecule has 3 fully saturated rings. The van der Waals surface area contributed by atoms with Gasteiger partial charge in [-0.05, 0) is 79.8 Å². The van der Waals surface area contributed by atoms with Gasteiger partial charge < -0.3 is 9.84 Å². The van der Waals surface area contributed by atoms with E-state index in [1.807, 2.05) is 6.07 Å². The summed E-state index contributed by atoms with van der Waals surface area (Å²) in [7, 11) is 0. The summed E-state index contributed by atoms with van der Waals surface area (Å²) in [5, 5.41) is 11.5. The van der Waals surface area contributed by atoms with Crippen molar-refractivity contribution in [1.82, 2.24) is 9.88 Å². The largest absolute Gasteiger partial charge is 0.508 e. The summed E-state index contributed by atoms with van der Waals surface area (Å²) in [5.74, 6) is 1.15. The van der Waals surface area contributed by atoms with E-state index in [0.717, 1.165) is 36.0 Å². The van der Waals surface area contributed by atoms with Crippen LogP contribution in [0.4, 0.5) is 0 Å². The molecule has 4 heterocycles. The SMILES string of the molecule is CCC1CN2CCC1CC2C(OC(=O)c1ccc(Cl)cc1)c1ccnc2ccc(O)cc12. The van der Waals surface area contributed by atoms with Gasteiger partial charge in [-0.15, -0.1) is 0 Å². The number of carbonyl (C=O) groups excluding carboxylic acids is 1. The van der Waals surface area contributed by atoms with Crippen molar-refractivity contribution >= 4 is 28.5 Å². The van der Waals surface area contributed by atoms with E-state index in [9.17, 15) is 9.90 Å². The van der Waals surface area contributed by atoms with Gasteiger partial charge >= 0.3 is 5.97 Å². The third kappa shape index (κ3) is 3.96. The summed E-state index contributed by atoms with van der Waals surface area (Å²) in [6, 6.07) is 13.9. The molecule has 5 nitrogen and oxygen atoms in total. The van der Waals surface area contributed by atoms with E-state index in [4.69, 9.17) is 16.3 Å². The van der Waals surface area contributed by atoms with Gasteiger partial charge in [-0.1, -0.05) is 24.9 Å². The lowest BCUT2D eigenvalue weighted by molar-refractivity contribution is -0.0659. The van der Waals surface area contributed by atoms with E-state index in [1.54, 1.807) is 48.7 Å². The number of ether oxygens (including phenoxy) is 1. The van der Waals surface area contributed by atoms with Gasteiger partial charge in [-0.2, -0.15) is 0 Å². The van der Waals surface area contributed by atoms with Crippen molar-refractivity contribution in [2.45, 2.75) is 38.3 Å². The molecule has 6 rings (SSSR count). The van der Waals surface area contributed by atoms with Gasteiger partial charge in [-0.25, -0.2) is 4.79 Å². The second-order valence-electron chi connectivity index (χ2n) is 8.95. The first-order valence-electron chi connectivity index (χ1n) is 11.3. The molecule has 6 heteroatoms. The predicted octanol–water partition coefficient (Wildman–Crippen LogP) is 5.61. The molecule has 0 aliphatic carbocycles. The van der Waals surface area contributed by atoms with Crippen LogP contribution in [0.5, 0.6) is 5.75 Å². The summed E-state index contributed by atoms with van der Waals surface area (Å²) in [4.78, 5) is 20.1. The zero-order chi connectivity index (χ0) is 22.2. The lowest BCUT2D eigenvalue weighted by atomic mass is 9.72. The third-order valence-electron chi connectivity index (χ3n) is 7.19. The molecule has 3 aromatic rings. The highest BCUT2D eigenvalue weighted by Gasteiger charge is 2.44. The number of phenolic OH excluding ortho intramolecular Hbond substituents is 1. The van der Waals surface area contributed by atoms with Crippen LogP contribution in [0.25, 0.3) is 10.9 Å². The van der Waals surface area contributed by atoms with Gasteiger partial charge in [0.25, 0.3) is 0 Å². The van der Waals surface area contributed by atoms with Gasteiger partial charge in [-0.3, -0.25) is 9.88 Å². The number of fused-ring (bicyclic) bond motifs is 4. The van der Waals surface area contributed by atoms with E-state index >= 15 is 0 Å². The van der Waals surface area contributed by atoms with Gasteiger partial charge in [0.15, 0.2) is 0 Å². The maximum Gasteiger partial charge on any atom is 0.338 e. The number of rotatable bonds is 5. The van der Waals surface area contributed by atoms with Crippen molar-refractivity contribution in [3.05, 3.63) is 70.9 Å². The summed E-state index contributed by atoms with van der Waals surface area (Å²) in [5.41, 5.74) is 2.14. The Hall–Kier alpha value is -2.63. The van der Waals surface area contributed by atoms with Crippen LogP contribution in [-0.4, -0.2) is 40.1 Å². The highest BCUT2D eigenvalue weighted by Crippen LogP contribution is 2.44. The minimum absolute atomic E-state index is 0.0979. The number of hydrogen-bond acceptors (Lipinski definition) is 5. The van der Waals surface area contributed by atoms with Crippen molar-refractivity contribution in [3.8, 4) is 5.75 Å². The molecule has 2 aromatic carbocycles. The van der Waals surface area contributed by atoms with E-state index in [-0.39, 0.29) is 17.8 Å². The first-order chi connectivity index (χ1) is 15.5. The maximum atomic E-state index is 13.2. The molecule has 1 aromatic heterocycles. The lowest BCUT2D eigenvalue weighted by Crippen LogP contribution is -2.55. The van der Waals surface area contributed by atoms with Crippen LogP contribution in [0.2, 0.25) is 5.02 Å². The van der Waals surface area contributed by atoms with Crippen molar-refractivity contribution < 1.29 is 14.6 Å². The molecular weight excluding hydrogens is 424 g/mol. The molecule has 0 radical (unpaired) electrons. The van der Waals surface area contributed by atoms with E-state index in [2.05, 4.69) is 16.8 Å². The average Bonchev–Trinajstić information content (AvgIpc) is 2.82. The number of carbonyl (C=O) groups is 1. The fourth-order valence-corrected chi connectivity index (χ4v) is 5.61. The number of benzene rings is 2. The second-order valence-corrected chi connectivity index (χ2v) is 9.39. The number of esters is 1. The van der Waals surface area contributed by atoms with Crippen molar-refractivity contribution in [3.63, 3.8) is 0 Å². The molecule has 166 valence electrons. The van der Waals surface area contributed by atoms with Crippen LogP contribution >= 0.6 is 11.6 Å². The number of piperidine rings is 3. The summed E-state index contributed by atoms with van der Waals surface area (Å²) in [6.07, 6.45) is 4.67. The Morgan fingerprint density at radius 2 is 2.06 bits per heavy atom. The minimum Gasteiger partial charge on any atom is -0.508 e. The molecule has 1 N–H and O–H groups in total.